The summed E-state index contributed by atoms with van der Waals surface area (Å²) in [5, 5.41) is 11.8. The number of hydrogen-bond donors (Lipinski definition) is 2. The second-order valence-electron chi connectivity index (χ2n) is 11.6. The molecule has 0 saturated carbocycles. The number of carboxylic acids is 1. The molecular weight excluding hydrogens is 594 g/mol. The minimum atomic E-state index is -0.878. The average Bonchev–Trinajstić information content (AvgIpc) is 3.10. The van der Waals surface area contributed by atoms with Crippen molar-refractivity contribution in [2.45, 2.75) is 32.3 Å². The van der Waals surface area contributed by atoms with Gasteiger partial charge in [0.2, 0.25) is 0 Å². The normalized spacial score (nSPS) is 13.9. The first kappa shape index (κ1) is 33.3. The number of nitrogens with one attached hydrogen (secondary N) is 1. The Morgan fingerprint density at radius 1 is 0.851 bits per heavy atom. The van der Waals surface area contributed by atoms with E-state index in [9.17, 15) is 9.59 Å². The molecule has 0 aromatic heterocycles. The first-order valence-electron chi connectivity index (χ1n) is 16.1. The van der Waals surface area contributed by atoms with E-state index in [0.29, 0.717) is 23.4 Å². The number of methoxy groups -OCH3 is 1. The molecule has 2 N–H and O–H groups in total. The molecule has 9 nitrogen and oxygen atoms in total. The number of anilines is 2. The van der Waals surface area contributed by atoms with Crippen molar-refractivity contribution < 1.29 is 28.9 Å². The van der Waals surface area contributed by atoms with Gasteiger partial charge in [-0.2, -0.15) is 0 Å². The predicted octanol–water partition coefficient (Wildman–Crippen LogP) is 6.83. The number of aryl methyl sites for hydroxylation is 1. The fourth-order valence-electron chi connectivity index (χ4n) is 5.64. The lowest BCUT2D eigenvalue weighted by Crippen LogP contribution is -2.47. The van der Waals surface area contributed by atoms with E-state index >= 15 is 0 Å². The summed E-state index contributed by atoms with van der Waals surface area (Å²) >= 11 is 0. The fourth-order valence-corrected chi connectivity index (χ4v) is 5.64. The van der Waals surface area contributed by atoms with E-state index in [1.165, 1.54) is 5.56 Å². The van der Waals surface area contributed by atoms with Gasteiger partial charge >= 0.3 is 5.97 Å². The van der Waals surface area contributed by atoms with Crippen LogP contribution in [0.1, 0.15) is 46.9 Å². The van der Waals surface area contributed by atoms with Crippen LogP contribution >= 0.6 is 0 Å². The number of carbonyl (C=O) groups excluding carboxylic acids is 1. The molecule has 9 heteroatoms. The molecule has 0 spiro atoms. The van der Waals surface area contributed by atoms with Crippen LogP contribution in [-0.2, 0) is 4.79 Å². The maximum atomic E-state index is 13.1. The van der Waals surface area contributed by atoms with Crippen LogP contribution in [0.4, 0.5) is 11.4 Å². The molecule has 1 unspecified atom stereocenters. The molecule has 4 aromatic carbocycles. The van der Waals surface area contributed by atoms with Gasteiger partial charge in [-0.25, -0.2) is 0 Å². The number of nitrogens with zero attached hydrogens (tertiary/aromatic N) is 2. The molecule has 1 aliphatic heterocycles. The van der Waals surface area contributed by atoms with Gasteiger partial charge in [-0.1, -0.05) is 54.1 Å². The first-order chi connectivity index (χ1) is 22.9. The van der Waals surface area contributed by atoms with E-state index < -0.39 is 5.97 Å². The van der Waals surface area contributed by atoms with E-state index in [2.05, 4.69) is 58.4 Å². The lowest BCUT2D eigenvalue weighted by molar-refractivity contribution is -0.137. The Bertz CT molecular complexity index is 1600. The van der Waals surface area contributed by atoms with E-state index in [0.717, 1.165) is 61.9 Å². The quantitative estimate of drug-likeness (QED) is 0.137. The van der Waals surface area contributed by atoms with Crippen LogP contribution in [-0.4, -0.2) is 68.3 Å². The third-order valence-corrected chi connectivity index (χ3v) is 8.27. The summed E-state index contributed by atoms with van der Waals surface area (Å²) in [5.41, 5.74) is 4.47. The van der Waals surface area contributed by atoms with Crippen LogP contribution in [0, 0.1) is 6.92 Å². The number of amides is 1. The average molecular weight is 638 g/mol. The molecule has 5 rings (SSSR count). The molecule has 0 radical (unpaired) electrons. The van der Waals surface area contributed by atoms with Gasteiger partial charge in [0.05, 0.1) is 25.0 Å². The topological polar surface area (TPSA) is 101 Å². The number of rotatable bonds is 15. The molecule has 1 saturated heterocycles. The van der Waals surface area contributed by atoms with Crippen molar-refractivity contribution in [2.24, 2.45) is 0 Å². The van der Waals surface area contributed by atoms with Crippen LogP contribution in [0.5, 0.6) is 17.2 Å². The number of carboxylic acid groups (broad SMARTS) is 1. The Morgan fingerprint density at radius 3 is 2.23 bits per heavy atom. The van der Waals surface area contributed by atoms with Crippen molar-refractivity contribution in [1.82, 2.24) is 4.90 Å². The maximum absolute atomic E-state index is 13.1. The van der Waals surface area contributed by atoms with Crippen molar-refractivity contribution in [2.75, 3.05) is 56.7 Å². The molecule has 1 atom stereocenters. The van der Waals surface area contributed by atoms with Crippen LogP contribution in [0.25, 0.3) is 0 Å². The van der Waals surface area contributed by atoms with Crippen molar-refractivity contribution in [3.63, 3.8) is 0 Å². The summed E-state index contributed by atoms with van der Waals surface area (Å²) in [4.78, 5) is 28.8. The number of para-hydroxylation sites is 3. The third kappa shape index (κ3) is 9.50. The molecule has 1 heterocycles. The Kier molecular flexibility index (Phi) is 11.7. The highest BCUT2D eigenvalue weighted by molar-refractivity contribution is 6.06. The highest BCUT2D eigenvalue weighted by Crippen LogP contribution is 2.30. The number of ether oxygens (including phenoxy) is 3. The second kappa shape index (κ2) is 16.5. The number of benzene rings is 4. The zero-order valence-corrected chi connectivity index (χ0v) is 27.1. The van der Waals surface area contributed by atoms with Gasteiger partial charge in [0.1, 0.15) is 23.4 Å². The molecular formula is C38H43N3O6. The summed E-state index contributed by atoms with van der Waals surface area (Å²) in [6.07, 6.45) is 1.07. The standard InChI is InChI=1S/C38H43N3O6/c1-28-13-15-29(16-14-28)34(21-22-40-23-25-41(26-24-40)33-9-4-6-11-36(33)45-2)47-31-19-17-30(18-20-31)39-38(44)32-8-3-5-10-35(32)46-27-7-12-37(42)43/h3-6,8-11,13-20,34H,7,12,21-27H2,1-2H3,(H,39,44)(H,42,43). The van der Waals surface area contributed by atoms with Crippen molar-refractivity contribution in [3.05, 3.63) is 114 Å². The summed E-state index contributed by atoms with van der Waals surface area (Å²) in [5.74, 6) is 0.852. The summed E-state index contributed by atoms with van der Waals surface area (Å²) < 4.78 is 17.8. The Labute approximate surface area is 276 Å². The van der Waals surface area contributed by atoms with Gasteiger partial charge in [-0.05, 0) is 67.4 Å². The number of hydrogen-bond acceptors (Lipinski definition) is 7. The maximum Gasteiger partial charge on any atom is 0.303 e. The van der Waals surface area contributed by atoms with Crippen LogP contribution in [0.2, 0.25) is 0 Å². The van der Waals surface area contributed by atoms with Gasteiger partial charge in [-0.15, -0.1) is 0 Å². The zero-order valence-electron chi connectivity index (χ0n) is 27.1. The third-order valence-electron chi connectivity index (χ3n) is 8.27. The van der Waals surface area contributed by atoms with Gasteiger partial charge < -0.3 is 29.5 Å². The van der Waals surface area contributed by atoms with Gasteiger partial charge in [0.15, 0.2) is 0 Å². The lowest BCUT2D eigenvalue weighted by atomic mass is 10.0. The Balaban J connectivity index is 1.18. The van der Waals surface area contributed by atoms with Crippen LogP contribution in [0.3, 0.4) is 0 Å². The largest absolute Gasteiger partial charge is 0.495 e. The summed E-state index contributed by atoms with van der Waals surface area (Å²) in [6.45, 7) is 7.00. The van der Waals surface area contributed by atoms with E-state index in [4.69, 9.17) is 19.3 Å². The lowest BCUT2D eigenvalue weighted by Gasteiger charge is -2.37. The SMILES string of the molecule is COc1ccccc1N1CCN(CCC(Oc2ccc(NC(=O)c3ccccc3OCCCC(=O)O)cc2)c2ccc(C)cc2)CC1. The van der Waals surface area contributed by atoms with E-state index in [1.807, 2.05) is 36.4 Å². The zero-order chi connectivity index (χ0) is 33.0. The molecule has 1 amide bonds. The van der Waals surface area contributed by atoms with Gasteiger partial charge in [0.25, 0.3) is 5.91 Å². The minimum absolute atomic E-state index is 0.00924. The van der Waals surface area contributed by atoms with E-state index in [1.54, 1.807) is 31.4 Å². The number of carbonyl (C=O) groups is 2. The van der Waals surface area contributed by atoms with Gasteiger partial charge in [0, 0.05) is 51.3 Å². The molecule has 1 fully saturated rings. The fraction of sp³-hybridized carbons (Fsp3) is 0.316. The summed E-state index contributed by atoms with van der Waals surface area (Å²) in [6, 6.07) is 31.0. The van der Waals surface area contributed by atoms with Crippen molar-refractivity contribution in [1.29, 1.82) is 0 Å². The van der Waals surface area contributed by atoms with Crippen LogP contribution in [0.15, 0.2) is 97.1 Å². The molecule has 4 aromatic rings. The molecule has 47 heavy (non-hydrogen) atoms. The Hall–Kier alpha value is -5.02. The molecule has 1 aliphatic rings. The monoisotopic (exact) mass is 637 g/mol. The highest BCUT2D eigenvalue weighted by atomic mass is 16.5. The molecule has 246 valence electrons. The number of piperazine rings is 1. The van der Waals surface area contributed by atoms with Crippen LogP contribution < -0.4 is 24.4 Å². The molecule has 0 bridgehead atoms. The van der Waals surface area contributed by atoms with Gasteiger partial charge in [-0.3, -0.25) is 14.5 Å². The highest BCUT2D eigenvalue weighted by Gasteiger charge is 2.22. The Morgan fingerprint density at radius 2 is 1.53 bits per heavy atom. The predicted molar refractivity (Wildman–Crippen MR) is 184 cm³/mol. The second-order valence-corrected chi connectivity index (χ2v) is 11.6. The van der Waals surface area contributed by atoms with Crippen molar-refractivity contribution >= 4 is 23.3 Å². The minimum Gasteiger partial charge on any atom is -0.495 e. The van der Waals surface area contributed by atoms with Crippen molar-refractivity contribution in [3.8, 4) is 17.2 Å². The van der Waals surface area contributed by atoms with E-state index in [-0.39, 0.29) is 25.0 Å². The smallest absolute Gasteiger partial charge is 0.303 e. The molecule has 0 aliphatic carbocycles. The number of aliphatic carboxylic acids is 1. The summed E-state index contributed by atoms with van der Waals surface area (Å²) in [7, 11) is 1.72. The first-order valence-corrected chi connectivity index (χ1v) is 16.1.